The second-order valence-electron chi connectivity index (χ2n) is 4.06. The summed E-state index contributed by atoms with van der Waals surface area (Å²) in [4.78, 5) is 4.09. The molecule has 0 aliphatic rings. The van der Waals surface area contributed by atoms with Crippen LogP contribution in [0.3, 0.4) is 0 Å². The topological polar surface area (TPSA) is 33.1 Å². The highest BCUT2D eigenvalue weighted by atomic mass is 79.9. The van der Waals surface area contributed by atoms with Crippen LogP contribution in [0.4, 0.5) is 0 Å². The van der Waals surface area contributed by atoms with Crippen molar-refractivity contribution in [3.8, 4) is 0 Å². The summed E-state index contributed by atoms with van der Waals surface area (Å²) in [6.45, 7) is 2.01. The van der Waals surface area contributed by atoms with Crippen LogP contribution in [-0.4, -0.2) is 10.1 Å². The molecule has 2 rings (SSSR count). The molecule has 0 saturated heterocycles. The van der Waals surface area contributed by atoms with Crippen molar-refractivity contribution < 1.29 is 5.11 Å². The standard InChI is InChI=1S/C14H14BrNO/c1-10(12-7-8-16-13(15)9-12)14(17)11-5-3-2-4-6-11/h2-10,14,17H,1H3/t10-,14+/m1/s1. The predicted molar refractivity (Wildman–Crippen MR) is 71.8 cm³/mol. The van der Waals surface area contributed by atoms with Crippen molar-refractivity contribution >= 4 is 15.9 Å². The van der Waals surface area contributed by atoms with Crippen molar-refractivity contribution in [3.05, 3.63) is 64.4 Å². The van der Waals surface area contributed by atoms with E-state index in [9.17, 15) is 5.11 Å². The van der Waals surface area contributed by atoms with E-state index in [4.69, 9.17) is 0 Å². The molecule has 1 aromatic heterocycles. The smallest absolute Gasteiger partial charge is 0.106 e. The Morgan fingerprint density at radius 3 is 2.47 bits per heavy atom. The van der Waals surface area contributed by atoms with Crippen LogP contribution in [0.2, 0.25) is 0 Å². The van der Waals surface area contributed by atoms with Gasteiger partial charge in [0.15, 0.2) is 0 Å². The molecule has 0 bridgehead atoms. The monoisotopic (exact) mass is 291 g/mol. The lowest BCUT2D eigenvalue weighted by Crippen LogP contribution is -2.07. The van der Waals surface area contributed by atoms with E-state index in [0.717, 1.165) is 15.7 Å². The van der Waals surface area contributed by atoms with Gasteiger partial charge in [-0.2, -0.15) is 0 Å². The number of hydrogen-bond donors (Lipinski definition) is 1. The van der Waals surface area contributed by atoms with Gasteiger partial charge in [-0.05, 0) is 39.2 Å². The van der Waals surface area contributed by atoms with Gasteiger partial charge in [0.2, 0.25) is 0 Å². The van der Waals surface area contributed by atoms with Crippen molar-refractivity contribution in [1.29, 1.82) is 0 Å². The van der Waals surface area contributed by atoms with E-state index in [1.54, 1.807) is 6.20 Å². The van der Waals surface area contributed by atoms with Crippen LogP contribution in [0.15, 0.2) is 53.3 Å². The van der Waals surface area contributed by atoms with E-state index in [1.807, 2.05) is 49.4 Å². The Bertz CT molecular complexity index is 487. The maximum Gasteiger partial charge on any atom is 0.106 e. The third kappa shape index (κ3) is 2.93. The second kappa shape index (κ2) is 5.43. The Balaban J connectivity index is 2.23. The van der Waals surface area contributed by atoms with Crippen molar-refractivity contribution in [3.63, 3.8) is 0 Å². The fourth-order valence-corrected chi connectivity index (χ4v) is 2.20. The van der Waals surface area contributed by atoms with Gasteiger partial charge in [0.05, 0.1) is 6.10 Å². The Kier molecular flexibility index (Phi) is 3.92. The molecule has 0 radical (unpaired) electrons. The zero-order chi connectivity index (χ0) is 12.3. The van der Waals surface area contributed by atoms with Gasteiger partial charge >= 0.3 is 0 Å². The summed E-state index contributed by atoms with van der Waals surface area (Å²) in [7, 11) is 0. The maximum atomic E-state index is 10.3. The largest absolute Gasteiger partial charge is 0.388 e. The minimum absolute atomic E-state index is 0.0386. The summed E-state index contributed by atoms with van der Waals surface area (Å²) < 4.78 is 0.794. The number of aliphatic hydroxyl groups is 1. The molecular formula is C14H14BrNO. The highest BCUT2D eigenvalue weighted by Gasteiger charge is 2.18. The first-order valence-corrected chi connectivity index (χ1v) is 6.32. The molecule has 1 aromatic carbocycles. The van der Waals surface area contributed by atoms with Crippen LogP contribution in [0.1, 0.15) is 30.1 Å². The van der Waals surface area contributed by atoms with E-state index < -0.39 is 6.10 Å². The van der Waals surface area contributed by atoms with Gasteiger partial charge in [0.25, 0.3) is 0 Å². The number of pyridine rings is 1. The normalized spacial score (nSPS) is 14.3. The minimum atomic E-state index is -0.495. The predicted octanol–water partition coefficient (Wildman–Crippen LogP) is 3.68. The van der Waals surface area contributed by atoms with Gasteiger partial charge in [-0.25, -0.2) is 4.98 Å². The Morgan fingerprint density at radius 2 is 1.82 bits per heavy atom. The van der Waals surface area contributed by atoms with E-state index >= 15 is 0 Å². The summed E-state index contributed by atoms with van der Waals surface area (Å²) in [5.41, 5.74) is 2.01. The highest BCUT2D eigenvalue weighted by molar-refractivity contribution is 9.10. The third-order valence-corrected chi connectivity index (χ3v) is 3.32. The molecule has 0 spiro atoms. The first-order valence-electron chi connectivity index (χ1n) is 5.53. The lowest BCUT2D eigenvalue weighted by molar-refractivity contribution is 0.151. The van der Waals surface area contributed by atoms with Gasteiger partial charge in [0.1, 0.15) is 4.60 Å². The lowest BCUT2D eigenvalue weighted by atomic mass is 9.91. The van der Waals surface area contributed by atoms with Crippen molar-refractivity contribution in [1.82, 2.24) is 4.98 Å². The molecule has 3 heteroatoms. The molecule has 0 aliphatic carbocycles. The van der Waals surface area contributed by atoms with Crippen LogP contribution >= 0.6 is 15.9 Å². The second-order valence-corrected chi connectivity index (χ2v) is 4.87. The molecule has 88 valence electrons. The fourth-order valence-electron chi connectivity index (χ4n) is 1.82. The van der Waals surface area contributed by atoms with Crippen molar-refractivity contribution in [2.75, 3.05) is 0 Å². The average Bonchev–Trinajstić information content (AvgIpc) is 2.38. The molecule has 1 heterocycles. The summed E-state index contributed by atoms with van der Waals surface area (Å²) >= 11 is 3.34. The number of hydrogen-bond acceptors (Lipinski definition) is 2. The third-order valence-electron chi connectivity index (χ3n) is 2.89. The first kappa shape index (κ1) is 12.3. The molecule has 2 atom stereocenters. The quantitative estimate of drug-likeness (QED) is 0.875. The number of nitrogens with zero attached hydrogens (tertiary/aromatic N) is 1. The lowest BCUT2D eigenvalue weighted by Gasteiger charge is -2.19. The number of benzene rings is 1. The first-order chi connectivity index (χ1) is 8.18. The Labute approximate surface area is 109 Å². The Morgan fingerprint density at radius 1 is 1.12 bits per heavy atom. The van der Waals surface area contributed by atoms with E-state index in [1.165, 1.54) is 0 Å². The molecule has 2 aromatic rings. The molecule has 0 saturated carbocycles. The molecule has 0 amide bonds. The molecule has 0 aliphatic heterocycles. The zero-order valence-electron chi connectivity index (χ0n) is 9.55. The van der Waals surface area contributed by atoms with Gasteiger partial charge in [-0.1, -0.05) is 37.3 Å². The van der Waals surface area contributed by atoms with Gasteiger partial charge in [-0.3, -0.25) is 0 Å². The average molecular weight is 292 g/mol. The van der Waals surface area contributed by atoms with Crippen molar-refractivity contribution in [2.45, 2.75) is 18.9 Å². The van der Waals surface area contributed by atoms with Gasteiger partial charge < -0.3 is 5.11 Å². The van der Waals surface area contributed by atoms with Crippen LogP contribution < -0.4 is 0 Å². The van der Waals surface area contributed by atoms with Gasteiger partial charge in [0, 0.05) is 12.1 Å². The molecule has 1 N–H and O–H groups in total. The highest BCUT2D eigenvalue weighted by Crippen LogP contribution is 2.30. The number of aromatic nitrogens is 1. The summed E-state index contributed by atoms with van der Waals surface area (Å²) in [6, 6.07) is 13.6. The number of aliphatic hydroxyl groups excluding tert-OH is 1. The maximum absolute atomic E-state index is 10.3. The summed E-state index contributed by atoms with van der Waals surface area (Å²) in [5.74, 6) is 0.0386. The van der Waals surface area contributed by atoms with Crippen LogP contribution in [-0.2, 0) is 0 Å². The number of halogens is 1. The molecule has 0 fully saturated rings. The molecule has 0 unspecified atom stereocenters. The zero-order valence-corrected chi connectivity index (χ0v) is 11.1. The van der Waals surface area contributed by atoms with Crippen LogP contribution in [0.5, 0.6) is 0 Å². The Hall–Kier alpha value is -1.19. The molecule has 2 nitrogen and oxygen atoms in total. The van der Waals surface area contributed by atoms with Crippen LogP contribution in [0, 0.1) is 0 Å². The van der Waals surface area contributed by atoms with Gasteiger partial charge in [-0.15, -0.1) is 0 Å². The SMILES string of the molecule is C[C@H](c1ccnc(Br)c1)[C@H](O)c1ccccc1. The van der Waals surface area contributed by atoms with E-state index in [0.29, 0.717) is 0 Å². The molecule has 17 heavy (non-hydrogen) atoms. The summed E-state index contributed by atoms with van der Waals surface area (Å²) in [5, 5.41) is 10.3. The molecular weight excluding hydrogens is 278 g/mol. The fraction of sp³-hybridized carbons (Fsp3) is 0.214. The van der Waals surface area contributed by atoms with Crippen molar-refractivity contribution in [2.24, 2.45) is 0 Å². The summed E-state index contributed by atoms with van der Waals surface area (Å²) in [6.07, 6.45) is 1.25. The van der Waals surface area contributed by atoms with E-state index in [-0.39, 0.29) is 5.92 Å². The minimum Gasteiger partial charge on any atom is -0.388 e. The van der Waals surface area contributed by atoms with Crippen LogP contribution in [0.25, 0.3) is 0 Å². The number of rotatable bonds is 3. The van der Waals surface area contributed by atoms with E-state index in [2.05, 4.69) is 20.9 Å².